The molecular weight excluding hydrogens is 252 g/mol. The van der Waals surface area contributed by atoms with Crippen molar-refractivity contribution in [2.24, 2.45) is 0 Å². The molecule has 0 saturated heterocycles. The van der Waals surface area contributed by atoms with Gasteiger partial charge in [-0.05, 0) is 14.0 Å². The molecule has 0 aliphatic carbocycles. The smallest absolute Gasteiger partial charge is 0.306 e. The fourth-order valence-corrected chi connectivity index (χ4v) is 2.05. The number of rotatable bonds is 8. The van der Waals surface area contributed by atoms with Gasteiger partial charge in [0.15, 0.2) is 0 Å². The van der Waals surface area contributed by atoms with Crippen LogP contribution >= 0.6 is 11.3 Å². The van der Waals surface area contributed by atoms with Gasteiger partial charge in [-0.25, -0.2) is 4.98 Å². The van der Waals surface area contributed by atoms with Crippen LogP contribution in [-0.4, -0.2) is 41.8 Å². The highest BCUT2D eigenvalue weighted by Crippen LogP contribution is 2.04. The van der Waals surface area contributed by atoms with Crippen molar-refractivity contribution in [1.82, 2.24) is 9.88 Å². The molecule has 0 aliphatic heterocycles. The van der Waals surface area contributed by atoms with E-state index in [1.54, 1.807) is 12.4 Å². The topological polar surface area (TPSA) is 59.5 Å². The second kappa shape index (κ2) is 7.94. The fourth-order valence-electron chi connectivity index (χ4n) is 1.50. The number of ketones is 1. The third kappa shape index (κ3) is 5.88. The second-order valence-electron chi connectivity index (χ2n) is 4.00. The molecule has 1 aromatic heterocycles. The Hall–Kier alpha value is -1.27. The Morgan fingerprint density at radius 2 is 2.22 bits per heavy atom. The van der Waals surface area contributed by atoms with E-state index in [1.807, 2.05) is 17.3 Å². The van der Waals surface area contributed by atoms with E-state index in [9.17, 15) is 9.59 Å². The molecule has 0 saturated carbocycles. The summed E-state index contributed by atoms with van der Waals surface area (Å²) >= 11 is 1.54. The van der Waals surface area contributed by atoms with Crippen LogP contribution in [-0.2, 0) is 20.9 Å². The van der Waals surface area contributed by atoms with Gasteiger partial charge >= 0.3 is 5.97 Å². The average molecular weight is 270 g/mol. The lowest BCUT2D eigenvalue weighted by Gasteiger charge is -2.13. The van der Waals surface area contributed by atoms with Crippen LogP contribution < -0.4 is 0 Å². The number of carbonyl (C=O) groups excluding carboxylic acids is 2. The number of Topliss-reactive ketones (excluding diaryl/α,β-unsaturated/α-hetero) is 1. The zero-order chi connectivity index (χ0) is 13.4. The van der Waals surface area contributed by atoms with E-state index in [0.717, 1.165) is 5.69 Å². The van der Waals surface area contributed by atoms with Gasteiger partial charge in [0.1, 0.15) is 5.78 Å². The maximum Gasteiger partial charge on any atom is 0.306 e. The maximum absolute atomic E-state index is 11.6. The molecule has 0 N–H and O–H groups in total. The van der Waals surface area contributed by atoms with Crippen molar-refractivity contribution in [3.05, 3.63) is 16.6 Å². The van der Waals surface area contributed by atoms with E-state index in [2.05, 4.69) is 4.98 Å². The van der Waals surface area contributed by atoms with Crippen molar-refractivity contribution >= 4 is 23.1 Å². The number of ether oxygens (including phenoxy) is 1. The largest absolute Gasteiger partial charge is 0.466 e. The summed E-state index contributed by atoms with van der Waals surface area (Å²) in [6, 6.07) is 0. The van der Waals surface area contributed by atoms with Crippen molar-refractivity contribution in [3.63, 3.8) is 0 Å². The zero-order valence-electron chi connectivity index (χ0n) is 10.7. The summed E-state index contributed by atoms with van der Waals surface area (Å²) in [5.41, 5.74) is 2.73. The Morgan fingerprint density at radius 1 is 1.44 bits per heavy atom. The highest BCUT2D eigenvalue weighted by Gasteiger charge is 2.11. The van der Waals surface area contributed by atoms with E-state index >= 15 is 0 Å². The predicted octanol–water partition coefficient (Wildman–Crippen LogP) is 1.49. The minimum atomic E-state index is -0.312. The number of esters is 1. The van der Waals surface area contributed by atoms with Gasteiger partial charge in [0.05, 0.1) is 30.8 Å². The first-order valence-corrected chi connectivity index (χ1v) is 6.79. The molecule has 1 rings (SSSR count). The number of likely N-dealkylation sites (N-methyl/N-ethyl adjacent to an activating group) is 1. The van der Waals surface area contributed by atoms with Gasteiger partial charge in [0.25, 0.3) is 0 Å². The molecule has 0 bridgehead atoms. The number of nitrogens with zero attached hydrogens (tertiary/aromatic N) is 2. The molecule has 0 aliphatic rings. The van der Waals surface area contributed by atoms with E-state index < -0.39 is 0 Å². The number of carbonyl (C=O) groups is 2. The predicted molar refractivity (Wildman–Crippen MR) is 69.3 cm³/mol. The van der Waals surface area contributed by atoms with Crippen LogP contribution in [0.25, 0.3) is 0 Å². The monoisotopic (exact) mass is 270 g/mol. The Kier molecular flexibility index (Phi) is 6.53. The minimum absolute atomic E-state index is 0.0424. The second-order valence-corrected chi connectivity index (χ2v) is 4.71. The molecule has 100 valence electrons. The SMILES string of the molecule is CCOC(=O)CCC(=O)CN(C)Cc1cscn1. The number of hydrogen-bond donors (Lipinski definition) is 0. The van der Waals surface area contributed by atoms with Crippen LogP contribution in [0.5, 0.6) is 0 Å². The Bertz CT molecular complexity index is 379. The third-order valence-electron chi connectivity index (χ3n) is 2.27. The average Bonchev–Trinajstić information content (AvgIpc) is 2.79. The quantitative estimate of drug-likeness (QED) is 0.670. The van der Waals surface area contributed by atoms with Crippen LogP contribution in [0, 0.1) is 0 Å². The molecule has 0 radical (unpaired) electrons. The molecule has 0 fully saturated rings. The summed E-state index contributed by atoms with van der Waals surface area (Å²) in [5.74, 6) is -0.270. The Labute approximate surface area is 111 Å². The molecule has 5 nitrogen and oxygen atoms in total. The van der Waals surface area contributed by atoms with Gasteiger partial charge < -0.3 is 4.74 Å². The molecular formula is C12H18N2O3S. The Morgan fingerprint density at radius 3 is 2.83 bits per heavy atom. The molecule has 0 spiro atoms. The molecule has 1 aromatic rings. The van der Waals surface area contributed by atoms with Gasteiger partial charge in [-0.15, -0.1) is 11.3 Å². The van der Waals surface area contributed by atoms with Gasteiger partial charge in [-0.1, -0.05) is 0 Å². The van der Waals surface area contributed by atoms with Crippen LogP contribution in [0.2, 0.25) is 0 Å². The number of aromatic nitrogens is 1. The first kappa shape index (κ1) is 14.8. The van der Waals surface area contributed by atoms with Gasteiger partial charge in [0, 0.05) is 18.3 Å². The summed E-state index contributed by atoms with van der Waals surface area (Å²) in [6.45, 7) is 3.09. The highest BCUT2D eigenvalue weighted by atomic mass is 32.1. The van der Waals surface area contributed by atoms with E-state index in [0.29, 0.717) is 19.7 Å². The zero-order valence-corrected chi connectivity index (χ0v) is 11.5. The summed E-state index contributed by atoms with van der Waals surface area (Å²) < 4.78 is 4.77. The van der Waals surface area contributed by atoms with Crippen molar-refractivity contribution in [1.29, 1.82) is 0 Å². The first-order valence-electron chi connectivity index (χ1n) is 5.84. The molecule has 0 amide bonds. The van der Waals surface area contributed by atoms with E-state index in [-0.39, 0.29) is 24.6 Å². The third-order valence-corrected chi connectivity index (χ3v) is 2.91. The fraction of sp³-hybridized carbons (Fsp3) is 0.583. The van der Waals surface area contributed by atoms with Crippen molar-refractivity contribution < 1.29 is 14.3 Å². The van der Waals surface area contributed by atoms with Gasteiger partial charge in [-0.2, -0.15) is 0 Å². The number of thiazole rings is 1. The van der Waals surface area contributed by atoms with Gasteiger partial charge in [0.2, 0.25) is 0 Å². The van der Waals surface area contributed by atoms with Crippen molar-refractivity contribution in [2.75, 3.05) is 20.2 Å². The van der Waals surface area contributed by atoms with Crippen molar-refractivity contribution in [2.45, 2.75) is 26.3 Å². The summed E-state index contributed by atoms with van der Waals surface area (Å²) in [4.78, 5) is 28.8. The van der Waals surface area contributed by atoms with Crippen LogP contribution in [0.3, 0.4) is 0 Å². The van der Waals surface area contributed by atoms with Crippen LogP contribution in [0.1, 0.15) is 25.5 Å². The Balaban J connectivity index is 2.21. The molecule has 0 aromatic carbocycles. The first-order chi connectivity index (χ1) is 8.61. The van der Waals surface area contributed by atoms with E-state index in [1.165, 1.54) is 11.3 Å². The molecule has 0 atom stereocenters. The van der Waals surface area contributed by atoms with Crippen LogP contribution in [0.4, 0.5) is 0 Å². The normalized spacial score (nSPS) is 10.6. The molecule has 0 unspecified atom stereocenters. The van der Waals surface area contributed by atoms with Crippen LogP contribution in [0.15, 0.2) is 10.9 Å². The summed E-state index contributed by atoms with van der Waals surface area (Å²) in [5, 5.41) is 1.96. The van der Waals surface area contributed by atoms with Gasteiger partial charge in [-0.3, -0.25) is 14.5 Å². The molecule has 1 heterocycles. The lowest BCUT2D eigenvalue weighted by atomic mass is 10.2. The highest BCUT2D eigenvalue weighted by molar-refractivity contribution is 7.07. The lowest BCUT2D eigenvalue weighted by Crippen LogP contribution is -2.26. The summed E-state index contributed by atoms with van der Waals surface area (Å²) in [7, 11) is 1.86. The van der Waals surface area contributed by atoms with Crippen molar-refractivity contribution in [3.8, 4) is 0 Å². The number of hydrogen-bond acceptors (Lipinski definition) is 6. The van der Waals surface area contributed by atoms with E-state index in [4.69, 9.17) is 4.74 Å². The standard InChI is InChI=1S/C12H18N2O3S/c1-3-17-12(16)5-4-11(15)7-14(2)6-10-8-18-9-13-10/h8-9H,3-7H2,1-2H3. The maximum atomic E-state index is 11.6. The molecule has 6 heteroatoms. The molecule has 18 heavy (non-hydrogen) atoms. The lowest BCUT2D eigenvalue weighted by molar-refractivity contribution is -0.144. The minimum Gasteiger partial charge on any atom is -0.466 e. The summed E-state index contributed by atoms with van der Waals surface area (Å²) in [6.07, 6.45) is 0.400.